The Morgan fingerprint density at radius 3 is 2.55 bits per heavy atom. The second-order valence-electron chi connectivity index (χ2n) is 3.74. The van der Waals surface area contributed by atoms with E-state index in [1.54, 1.807) is 0 Å². The molecule has 0 aromatic rings. The highest BCUT2D eigenvalue weighted by Crippen LogP contribution is 2.15. The van der Waals surface area contributed by atoms with E-state index < -0.39 is 0 Å². The molecule has 2 nitrogen and oxygen atoms in total. The van der Waals surface area contributed by atoms with E-state index in [1.165, 1.54) is 13.0 Å². The van der Waals surface area contributed by atoms with Gasteiger partial charge >= 0.3 is 0 Å². The van der Waals surface area contributed by atoms with Crippen LogP contribution >= 0.6 is 0 Å². The predicted octanol–water partition coefficient (Wildman–Crippen LogP) is 0.420. The summed E-state index contributed by atoms with van der Waals surface area (Å²) >= 11 is 0. The minimum absolute atomic E-state index is 0.0814. The van der Waals surface area contributed by atoms with Gasteiger partial charge in [-0.25, -0.2) is 0 Å². The molecule has 11 heavy (non-hydrogen) atoms. The SMILES string of the molecule is CCN1[SiH2]N(C)C(C)CC1C. The summed E-state index contributed by atoms with van der Waals surface area (Å²) in [4.78, 5) is 0. The summed E-state index contributed by atoms with van der Waals surface area (Å²) < 4.78 is 5.21. The number of hydrogen-bond acceptors (Lipinski definition) is 2. The van der Waals surface area contributed by atoms with Gasteiger partial charge in [-0.05, 0) is 20.0 Å². The first kappa shape index (κ1) is 9.23. The van der Waals surface area contributed by atoms with Crippen LogP contribution in [-0.2, 0) is 0 Å². The Balaban J connectivity index is 2.48. The Bertz CT molecular complexity index is 129. The fourth-order valence-electron chi connectivity index (χ4n) is 1.80. The Morgan fingerprint density at radius 2 is 2.00 bits per heavy atom. The van der Waals surface area contributed by atoms with Crippen LogP contribution in [-0.4, -0.2) is 44.6 Å². The zero-order chi connectivity index (χ0) is 8.43. The van der Waals surface area contributed by atoms with Gasteiger partial charge in [0.25, 0.3) is 0 Å². The molecule has 2 unspecified atom stereocenters. The monoisotopic (exact) mass is 172 g/mol. The molecule has 0 aliphatic carbocycles. The maximum atomic E-state index is 2.65. The maximum Gasteiger partial charge on any atom is 0.173 e. The van der Waals surface area contributed by atoms with Crippen molar-refractivity contribution in [3.8, 4) is 0 Å². The van der Waals surface area contributed by atoms with Crippen molar-refractivity contribution in [2.45, 2.75) is 39.3 Å². The molecule has 0 N–H and O–H groups in total. The van der Waals surface area contributed by atoms with Crippen LogP contribution in [0.1, 0.15) is 27.2 Å². The van der Waals surface area contributed by atoms with Gasteiger partial charge in [-0.1, -0.05) is 20.8 Å². The zero-order valence-corrected chi connectivity index (χ0v) is 9.58. The van der Waals surface area contributed by atoms with Gasteiger partial charge in [0.15, 0.2) is 9.84 Å². The Kier molecular flexibility index (Phi) is 3.10. The number of nitrogens with zero attached hydrogens (tertiary/aromatic N) is 2. The van der Waals surface area contributed by atoms with E-state index in [4.69, 9.17) is 0 Å². The molecule has 1 saturated heterocycles. The summed E-state index contributed by atoms with van der Waals surface area (Å²) in [5, 5.41) is 0. The molecular formula is C8H20N2Si. The molecule has 66 valence electrons. The molecular weight excluding hydrogens is 152 g/mol. The van der Waals surface area contributed by atoms with Crippen molar-refractivity contribution in [2.24, 2.45) is 0 Å². The molecule has 0 bridgehead atoms. The first-order valence-electron chi connectivity index (χ1n) is 4.59. The number of hydrogen-bond donors (Lipinski definition) is 0. The van der Waals surface area contributed by atoms with Crippen LogP contribution in [0.2, 0.25) is 0 Å². The lowest BCUT2D eigenvalue weighted by molar-refractivity contribution is 0.214. The Hall–Kier alpha value is 0.137. The van der Waals surface area contributed by atoms with E-state index in [9.17, 15) is 0 Å². The van der Waals surface area contributed by atoms with E-state index in [0.717, 1.165) is 12.1 Å². The van der Waals surface area contributed by atoms with Crippen molar-refractivity contribution in [3.63, 3.8) is 0 Å². The van der Waals surface area contributed by atoms with E-state index >= 15 is 0 Å². The van der Waals surface area contributed by atoms with Crippen molar-refractivity contribution in [1.82, 2.24) is 9.13 Å². The van der Waals surface area contributed by atoms with Crippen molar-refractivity contribution >= 4 is 9.84 Å². The molecule has 3 heteroatoms. The van der Waals surface area contributed by atoms with Crippen molar-refractivity contribution in [2.75, 3.05) is 13.6 Å². The summed E-state index contributed by atoms with van der Waals surface area (Å²) in [7, 11) is 2.19. The highest BCUT2D eigenvalue weighted by atomic mass is 28.2. The lowest BCUT2D eigenvalue weighted by Gasteiger charge is -2.41. The summed E-state index contributed by atoms with van der Waals surface area (Å²) in [5.74, 6) is 0. The lowest BCUT2D eigenvalue weighted by Crippen LogP contribution is -2.54. The van der Waals surface area contributed by atoms with Crippen molar-refractivity contribution < 1.29 is 0 Å². The molecule has 1 rings (SSSR count). The van der Waals surface area contributed by atoms with E-state index in [1.807, 2.05) is 0 Å². The fraction of sp³-hybridized carbons (Fsp3) is 1.00. The van der Waals surface area contributed by atoms with Crippen LogP contribution in [0.15, 0.2) is 0 Å². The molecule has 0 amide bonds. The van der Waals surface area contributed by atoms with Gasteiger partial charge in [0.05, 0.1) is 0 Å². The molecule has 0 saturated carbocycles. The first-order valence-corrected chi connectivity index (χ1v) is 5.86. The Labute approximate surface area is 72.5 Å². The van der Waals surface area contributed by atoms with Crippen LogP contribution in [0.5, 0.6) is 0 Å². The van der Waals surface area contributed by atoms with E-state index in [0.29, 0.717) is 0 Å². The molecule has 1 aliphatic rings. The molecule has 0 spiro atoms. The minimum atomic E-state index is -0.0814. The third kappa shape index (κ3) is 2.04. The smallest absolute Gasteiger partial charge is 0.173 e. The largest absolute Gasteiger partial charge is 0.317 e. The van der Waals surface area contributed by atoms with Crippen molar-refractivity contribution in [1.29, 1.82) is 0 Å². The third-order valence-corrected chi connectivity index (χ3v) is 5.37. The van der Waals surface area contributed by atoms with E-state index in [-0.39, 0.29) is 9.84 Å². The minimum Gasteiger partial charge on any atom is -0.317 e. The van der Waals surface area contributed by atoms with Crippen LogP contribution in [0.3, 0.4) is 0 Å². The van der Waals surface area contributed by atoms with Crippen LogP contribution < -0.4 is 0 Å². The molecule has 0 aromatic carbocycles. The highest BCUT2D eigenvalue weighted by molar-refractivity contribution is 6.28. The first-order chi connectivity index (χ1) is 5.15. The quantitative estimate of drug-likeness (QED) is 0.529. The molecule has 2 atom stereocenters. The predicted molar refractivity (Wildman–Crippen MR) is 52.2 cm³/mol. The average molecular weight is 172 g/mol. The summed E-state index contributed by atoms with van der Waals surface area (Å²) in [6.07, 6.45) is 1.34. The fourth-order valence-corrected chi connectivity index (χ4v) is 3.43. The lowest BCUT2D eigenvalue weighted by atomic mass is 10.1. The molecule has 1 aliphatic heterocycles. The van der Waals surface area contributed by atoms with Gasteiger partial charge in [0.2, 0.25) is 0 Å². The third-order valence-electron chi connectivity index (χ3n) is 2.87. The van der Waals surface area contributed by atoms with Crippen LogP contribution in [0.4, 0.5) is 0 Å². The van der Waals surface area contributed by atoms with Gasteiger partial charge in [-0.3, -0.25) is 0 Å². The van der Waals surface area contributed by atoms with Gasteiger partial charge in [0.1, 0.15) is 0 Å². The van der Waals surface area contributed by atoms with Gasteiger partial charge < -0.3 is 9.13 Å². The zero-order valence-electron chi connectivity index (χ0n) is 8.17. The molecule has 0 aromatic heterocycles. The van der Waals surface area contributed by atoms with Gasteiger partial charge in [-0.2, -0.15) is 0 Å². The summed E-state index contributed by atoms with van der Waals surface area (Å²) in [6.45, 7) is 8.22. The van der Waals surface area contributed by atoms with Gasteiger partial charge in [0, 0.05) is 12.1 Å². The highest BCUT2D eigenvalue weighted by Gasteiger charge is 2.25. The van der Waals surface area contributed by atoms with Gasteiger partial charge in [-0.15, -0.1) is 0 Å². The summed E-state index contributed by atoms with van der Waals surface area (Å²) in [6, 6.07) is 1.65. The molecule has 1 fully saturated rings. The van der Waals surface area contributed by atoms with Crippen LogP contribution in [0, 0.1) is 0 Å². The topological polar surface area (TPSA) is 6.48 Å². The maximum absolute atomic E-state index is 2.65. The van der Waals surface area contributed by atoms with E-state index in [2.05, 4.69) is 36.9 Å². The Morgan fingerprint density at radius 1 is 1.36 bits per heavy atom. The standard InChI is InChI=1S/C8H20N2Si/c1-5-10-8(3)6-7(2)9(4)11-10/h7-8H,5-6,11H2,1-4H3. The number of rotatable bonds is 1. The summed E-state index contributed by atoms with van der Waals surface area (Å²) in [5.41, 5.74) is 0. The van der Waals surface area contributed by atoms with Crippen molar-refractivity contribution in [3.05, 3.63) is 0 Å². The second kappa shape index (κ2) is 3.69. The molecule has 0 radical (unpaired) electrons. The molecule has 1 heterocycles. The van der Waals surface area contributed by atoms with Crippen LogP contribution in [0.25, 0.3) is 0 Å². The normalized spacial score (nSPS) is 38.2. The second-order valence-corrected chi connectivity index (χ2v) is 5.83. The average Bonchev–Trinajstić information content (AvgIpc) is 1.97.